The van der Waals surface area contributed by atoms with Crippen molar-refractivity contribution in [3.05, 3.63) is 35.6 Å². The van der Waals surface area contributed by atoms with E-state index in [0.717, 1.165) is 12.0 Å². The second kappa shape index (κ2) is 6.10. The highest BCUT2D eigenvalue weighted by molar-refractivity contribution is 5.22. The van der Waals surface area contributed by atoms with Crippen molar-refractivity contribution < 1.29 is 9.13 Å². The van der Waals surface area contributed by atoms with Gasteiger partial charge in [-0.25, -0.2) is 4.39 Å². The number of nitrogens with two attached hydrogens (primary N) is 1. The summed E-state index contributed by atoms with van der Waals surface area (Å²) >= 11 is 0. The smallest absolute Gasteiger partial charge is 0.123 e. The van der Waals surface area contributed by atoms with Gasteiger partial charge in [-0.3, -0.25) is 11.3 Å². The van der Waals surface area contributed by atoms with Gasteiger partial charge in [-0.15, -0.1) is 0 Å². The van der Waals surface area contributed by atoms with Crippen molar-refractivity contribution in [3.8, 4) is 0 Å². The Balaban J connectivity index is 3.00. The van der Waals surface area contributed by atoms with Gasteiger partial charge in [0.15, 0.2) is 0 Å². The van der Waals surface area contributed by atoms with Gasteiger partial charge >= 0.3 is 0 Å². The lowest BCUT2D eigenvalue weighted by molar-refractivity contribution is -0.0564. The van der Waals surface area contributed by atoms with Crippen molar-refractivity contribution >= 4 is 0 Å². The molecule has 0 bridgehead atoms. The Morgan fingerprint density at radius 2 is 1.94 bits per heavy atom. The highest BCUT2D eigenvalue weighted by Gasteiger charge is 2.33. The molecule has 0 aliphatic rings. The Morgan fingerprint density at radius 1 is 1.35 bits per heavy atom. The average Bonchev–Trinajstić information content (AvgIpc) is 2.33. The van der Waals surface area contributed by atoms with E-state index in [-0.39, 0.29) is 11.9 Å². The Bertz CT molecular complexity index is 342. The van der Waals surface area contributed by atoms with Crippen molar-refractivity contribution in [2.75, 3.05) is 6.61 Å². The van der Waals surface area contributed by atoms with Crippen molar-refractivity contribution in [3.63, 3.8) is 0 Å². The maximum atomic E-state index is 12.9. The summed E-state index contributed by atoms with van der Waals surface area (Å²) in [6, 6.07) is 6.16. The van der Waals surface area contributed by atoms with Gasteiger partial charge in [0.25, 0.3) is 0 Å². The number of benzene rings is 1. The molecule has 0 saturated carbocycles. The maximum absolute atomic E-state index is 12.9. The van der Waals surface area contributed by atoms with E-state index < -0.39 is 5.60 Å². The van der Waals surface area contributed by atoms with Gasteiger partial charge in [0, 0.05) is 6.61 Å². The molecule has 0 aliphatic carbocycles. The third-order valence-electron chi connectivity index (χ3n) is 3.16. The monoisotopic (exact) mass is 240 g/mol. The molecule has 0 radical (unpaired) electrons. The first kappa shape index (κ1) is 14.1. The zero-order chi connectivity index (χ0) is 12.9. The summed E-state index contributed by atoms with van der Waals surface area (Å²) in [5.74, 6) is 5.36. The summed E-state index contributed by atoms with van der Waals surface area (Å²) in [5.41, 5.74) is 3.29. The molecular formula is C13H21FN2O. The Kier molecular flexibility index (Phi) is 5.05. The second-order valence-corrected chi connectivity index (χ2v) is 4.25. The van der Waals surface area contributed by atoms with Gasteiger partial charge in [-0.1, -0.05) is 19.1 Å². The van der Waals surface area contributed by atoms with Crippen LogP contribution in [0.2, 0.25) is 0 Å². The fourth-order valence-corrected chi connectivity index (χ4v) is 2.00. The molecule has 0 amide bonds. The largest absolute Gasteiger partial charge is 0.374 e. The number of halogens is 1. The maximum Gasteiger partial charge on any atom is 0.123 e. The summed E-state index contributed by atoms with van der Waals surface area (Å²) in [4.78, 5) is 0. The van der Waals surface area contributed by atoms with E-state index in [4.69, 9.17) is 10.6 Å². The van der Waals surface area contributed by atoms with Crippen LogP contribution >= 0.6 is 0 Å². The summed E-state index contributed by atoms with van der Waals surface area (Å²) in [6.07, 6.45) is 0.813. The molecule has 0 saturated heterocycles. The minimum absolute atomic E-state index is 0.159. The molecule has 0 aliphatic heterocycles. The molecule has 3 nitrogen and oxygen atoms in total. The lowest BCUT2D eigenvalue weighted by Crippen LogP contribution is -2.46. The Hall–Kier alpha value is -0.970. The summed E-state index contributed by atoms with van der Waals surface area (Å²) in [7, 11) is 0. The van der Waals surface area contributed by atoms with Gasteiger partial charge in [0.2, 0.25) is 0 Å². The van der Waals surface area contributed by atoms with E-state index in [1.807, 2.05) is 20.8 Å². The molecular weight excluding hydrogens is 219 g/mol. The number of ether oxygens (including phenoxy) is 1. The van der Waals surface area contributed by atoms with Gasteiger partial charge in [0.05, 0.1) is 11.6 Å². The molecule has 2 atom stereocenters. The van der Waals surface area contributed by atoms with Gasteiger partial charge in [-0.05, 0) is 38.0 Å². The minimum atomic E-state index is -0.401. The van der Waals surface area contributed by atoms with E-state index in [0.29, 0.717) is 6.61 Å². The predicted molar refractivity (Wildman–Crippen MR) is 66.8 cm³/mol. The topological polar surface area (TPSA) is 47.3 Å². The SMILES string of the molecule is CCOC(C)(CC)C(NN)c1ccc(F)cc1. The number of hydrazine groups is 1. The Morgan fingerprint density at radius 3 is 2.35 bits per heavy atom. The lowest BCUT2D eigenvalue weighted by Gasteiger charge is -2.36. The molecule has 2 unspecified atom stereocenters. The van der Waals surface area contributed by atoms with Crippen molar-refractivity contribution in [2.45, 2.75) is 38.8 Å². The van der Waals surface area contributed by atoms with Crippen LogP contribution in [0, 0.1) is 5.82 Å². The molecule has 1 aromatic carbocycles. The highest BCUT2D eigenvalue weighted by Crippen LogP contribution is 2.31. The normalized spacial score (nSPS) is 16.5. The van der Waals surface area contributed by atoms with E-state index in [1.165, 1.54) is 12.1 Å². The summed E-state index contributed by atoms with van der Waals surface area (Å²) in [6.45, 7) is 6.61. The molecule has 0 heterocycles. The fraction of sp³-hybridized carbons (Fsp3) is 0.538. The van der Waals surface area contributed by atoms with Crippen LogP contribution in [0.3, 0.4) is 0 Å². The molecule has 0 aromatic heterocycles. The third-order valence-corrected chi connectivity index (χ3v) is 3.16. The van der Waals surface area contributed by atoms with Crippen LogP contribution < -0.4 is 11.3 Å². The van der Waals surface area contributed by atoms with Crippen LogP contribution in [-0.2, 0) is 4.74 Å². The van der Waals surface area contributed by atoms with Gasteiger partial charge < -0.3 is 4.74 Å². The predicted octanol–water partition coefficient (Wildman–Crippen LogP) is 2.54. The van der Waals surface area contributed by atoms with E-state index >= 15 is 0 Å². The first-order valence-corrected chi connectivity index (χ1v) is 5.93. The Labute approximate surface area is 102 Å². The average molecular weight is 240 g/mol. The molecule has 0 fully saturated rings. The molecule has 1 rings (SSSR count). The zero-order valence-electron chi connectivity index (χ0n) is 10.7. The molecule has 96 valence electrons. The van der Waals surface area contributed by atoms with Gasteiger partial charge in [-0.2, -0.15) is 0 Å². The standard InChI is InChI=1S/C13H21FN2O/c1-4-13(3,17-5-2)12(16-15)10-6-8-11(14)9-7-10/h6-9,12,16H,4-5,15H2,1-3H3. The third kappa shape index (κ3) is 3.25. The van der Waals surface area contributed by atoms with Crippen molar-refractivity contribution in [2.24, 2.45) is 5.84 Å². The number of rotatable bonds is 6. The quantitative estimate of drug-likeness (QED) is 0.593. The van der Waals surface area contributed by atoms with Crippen LogP contribution in [0.15, 0.2) is 24.3 Å². The van der Waals surface area contributed by atoms with Crippen LogP contribution in [0.4, 0.5) is 4.39 Å². The highest BCUT2D eigenvalue weighted by atomic mass is 19.1. The zero-order valence-corrected chi connectivity index (χ0v) is 10.7. The van der Waals surface area contributed by atoms with Crippen molar-refractivity contribution in [1.29, 1.82) is 0 Å². The number of nitrogens with one attached hydrogen (secondary N) is 1. The summed E-state index contributed by atoms with van der Waals surface area (Å²) < 4.78 is 18.7. The number of hydrogen-bond acceptors (Lipinski definition) is 3. The van der Waals surface area contributed by atoms with Crippen LogP contribution in [0.25, 0.3) is 0 Å². The molecule has 1 aromatic rings. The molecule has 17 heavy (non-hydrogen) atoms. The van der Waals surface area contributed by atoms with E-state index in [2.05, 4.69) is 5.43 Å². The molecule has 3 N–H and O–H groups in total. The van der Waals surface area contributed by atoms with Crippen molar-refractivity contribution in [1.82, 2.24) is 5.43 Å². The van der Waals surface area contributed by atoms with E-state index in [1.54, 1.807) is 12.1 Å². The van der Waals surface area contributed by atoms with Crippen LogP contribution in [-0.4, -0.2) is 12.2 Å². The second-order valence-electron chi connectivity index (χ2n) is 4.25. The summed E-state index contributed by atoms with van der Waals surface area (Å²) in [5, 5.41) is 0. The van der Waals surface area contributed by atoms with E-state index in [9.17, 15) is 4.39 Å². The number of hydrogen-bond donors (Lipinski definition) is 2. The minimum Gasteiger partial charge on any atom is -0.374 e. The van der Waals surface area contributed by atoms with Crippen LogP contribution in [0.5, 0.6) is 0 Å². The van der Waals surface area contributed by atoms with Crippen LogP contribution in [0.1, 0.15) is 38.8 Å². The lowest BCUT2D eigenvalue weighted by atomic mass is 9.88. The molecule has 4 heteroatoms. The first-order valence-electron chi connectivity index (χ1n) is 5.93. The fourth-order valence-electron chi connectivity index (χ4n) is 2.00. The van der Waals surface area contributed by atoms with Gasteiger partial charge in [0.1, 0.15) is 5.82 Å². The molecule has 0 spiro atoms. The first-order chi connectivity index (χ1) is 8.07.